The minimum atomic E-state index is 0.359. The van der Waals surface area contributed by atoms with Crippen LogP contribution in [0.1, 0.15) is 5.01 Å². The van der Waals surface area contributed by atoms with Crippen LogP contribution in [0.15, 0.2) is 6.20 Å². The second kappa shape index (κ2) is 3.12. The largest absolute Gasteiger partial charge is 0.316 e. The number of thiazole rings is 1. The molecule has 1 heterocycles. The fourth-order valence-corrected chi connectivity index (χ4v) is 1.33. The van der Waals surface area contributed by atoms with E-state index in [1.54, 1.807) is 6.20 Å². The molecule has 0 spiro atoms. The fraction of sp³-hybridized carbons (Fsp3) is 0.250. The molecule has 0 amide bonds. The van der Waals surface area contributed by atoms with Gasteiger partial charge in [-0.3, -0.25) is 0 Å². The SMILES string of the molecule is ONCc1ncc(Cl)s1. The Bertz CT molecular complexity index is 190. The van der Waals surface area contributed by atoms with Gasteiger partial charge in [0.2, 0.25) is 0 Å². The second-order valence-corrected chi connectivity index (χ2v) is 3.14. The van der Waals surface area contributed by atoms with Crippen molar-refractivity contribution in [3.05, 3.63) is 15.5 Å². The predicted octanol–water partition coefficient (Wildman–Crippen LogP) is 1.28. The van der Waals surface area contributed by atoms with Gasteiger partial charge in [0.05, 0.1) is 12.7 Å². The van der Waals surface area contributed by atoms with Crippen LogP contribution in [0.2, 0.25) is 4.34 Å². The monoisotopic (exact) mass is 164 g/mol. The summed E-state index contributed by atoms with van der Waals surface area (Å²) in [6, 6.07) is 0. The Hall–Kier alpha value is -0.160. The van der Waals surface area contributed by atoms with E-state index in [1.165, 1.54) is 11.3 Å². The van der Waals surface area contributed by atoms with Crippen molar-refractivity contribution in [3.63, 3.8) is 0 Å². The summed E-state index contributed by atoms with van der Waals surface area (Å²) in [5, 5.41) is 8.98. The highest BCUT2D eigenvalue weighted by atomic mass is 35.5. The number of halogens is 1. The van der Waals surface area contributed by atoms with Gasteiger partial charge >= 0.3 is 0 Å². The summed E-state index contributed by atoms with van der Waals surface area (Å²) in [7, 11) is 0. The molecule has 0 aliphatic rings. The molecule has 3 nitrogen and oxygen atoms in total. The number of rotatable bonds is 2. The van der Waals surface area contributed by atoms with Crippen molar-refractivity contribution in [3.8, 4) is 0 Å². The molecule has 5 heteroatoms. The number of hydrogen-bond acceptors (Lipinski definition) is 4. The van der Waals surface area contributed by atoms with Crippen molar-refractivity contribution < 1.29 is 5.21 Å². The molecule has 0 saturated heterocycles. The molecule has 0 atom stereocenters. The first-order chi connectivity index (χ1) is 4.33. The Balaban J connectivity index is 2.61. The van der Waals surface area contributed by atoms with Gasteiger partial charge in [0.25, 0.3) is 0 Å². The summed E-state index contributed by atoms with van der Waals surface area (Å²) in [6.07, 6.45) is 1.55. The number of hydrogen-bond donors (Lipinski definition) is 2. The lowest BCUT2D eigenvalue weighted by Gasteiger charge is -1.87. The maximum absolute atomic E-state index is 8.20. The van der Waals surface area contributed by atoms with Crippen molar-refractivity contribution in [2.45, 2.75) is 6.54 Å². The minimum Gasteiger partial charge on any atom is -0.316 e. The molecule has 1 rings (SSSR count). The number of hydroxylamine groups is 1. The number of nitrogens with one attached hydrogen (secondary N) is 1. The van der Waals surface area contributed by atoms with Gasteiger partial charge in [0.15, 0.2) is 0 Å². The lowest BCUT2D eigenvalue weighted by Crippen LogP contribution is -2.04. The quantitative estimate of drug-likeness (QED) is 0.648. The van der Waals surface area contributed by atoms with Gasteiger partial charge in [-0.15, -0.1) is 11.3 Å². The van der Waals surface area contributed by atoms with Crippen molar-refractivity contribution in [2.75, 3.05) is 0 Å². The van der Waals surface area contributed by atoms with Crippen molar-refractivity contribution in [1.29, 1.82) is 0 Å². The molecule has 50 valence electrons. The van der Waals surface area contributed by atoms with E-state index in [1.807, 2.05) is 5.48 Å². The molecule has 0 aromatic carbocycles. The first-order valence-electron chi connectivity index (χ1n) is 2.30. The Morgan fingerprint density at radius 2 is 2.67 bits per heavy atom. The van der Waals surface area contributed by atoms with Crippen LogP contribution >= 0.6 is 22.9 Å². The lowest BCUT2D eigenvalue weighted by atomic mass is 10.7. The van der Waals surface area contributed by atoms with E-state index in [4.69, 9.17) is 16.8 Å². The van der Waals surface area contributed by atoms with Crippen LogP contribution in [-0.4, -0.2) is 10.2 Å². The van der Waals surface area contributed by atoms with E-state index in [9.17, 15) is 0 Å². The highest BCUT2D eigenvalue weighted by Gasteiger charge is 1.96. The van der Waals surface area contributed by atoms with Crippen LogP contribution in [0.3, 0.4) is 0 Å². The Kier molecular flexibility index (Phi) is 2.41. The standard InChI is InChI=1S/C4H5ClN2OS/c5-3-1-6-4(9-3)2-7-8/h1,7-8H,2H2. The molecule has 0 bridgehead atoms. The zero-order chi connectivity index (χ0) is 6.69. The molecule has 1 aromatic rings. The molecular weight excluding hydrogens is 160 g/mol. The van der Waals surface area contributed by atoms with E-state index in [2.05, 4.69) is 4.98 Å². The van der Waals surface area contributed by atoms with Crippen LogP contribution < -0.4 is 5.48 Å². The third kappa shape index (κ3) is 1.91. The maximum Gasteiger partial charge on any atom is 0.113 e. The van der Waals surface area contributed by atoms with Gasteiger partial charge < -0.3 is 5.21 Å². The van der Waals surface area contributed by atoms with Gasteiger partial charge in [-0.25, -0.2) is 4.98 Å². The van der Waals surface area contributed by atoms with Crippen molar-refractivity contribution >= 4 is 22.9 Å². The topological polar surface area (TPSA) is 45.1 Å². The number of nitrogens with zero attached hydrogens (tertiary/aromatic N) is 1. The molecule has 0 fully saturated rings. The molecule has 0 unspecified atom stereocenters. The zero-order valence-corrected chi connectivity index (χ0v) is 6.04. The van der Waals surface area contributed by atoms with Crippen LogP contribution in [0, 0.1) is 0 Å². The molecule has 1 aromatic heterocycles. The first kappa shape index (κ1) is 6.95. The summed E-state index contributed by atoms with van der Waals surface area (Å²) in [6.45, 7) is 0.359. The normalized spacial score (nSPS) is 10.0. The molecular formula is C4H5ClN2OS. The van der Waals surface area contributed by atoms with Crippen molar-refractivity contribution in [2.24, 2.45) is 0 Å². The smallest absolute Gasteiger partial charge is 0.113 e. The molecule has 0 aliphatic heterocycles. The van der Waals surface area contributed by atoms with Crippen molar-refractivity contribution in [1.82, 2.24) is 10.5 Å². The summed E-state index contributed by atoms with van der Waals surface area (Å²) in [4.78, 5) is 3.87. The van der Waals surface area contributed by atoms with Gasteiger partial charge in [-0.05, 0) is 0 Å². The van der Waals surface area contributed by atoms with Crippen LogP contribution in [0.4, 0.5) is 0 Å². The summed E-state index contributed by atoms with van der Waals surface area (Å²) in [5.74, 6) is 0. The minimum absolute atomic E-state index is 0.359. The predicted molar refractivity (Wildman–Crippen MR) is 35.8 cm³/mol. The first-order valence-corrected chi connectivity index (χ1v) is 3.49. The Morgan fingerprint density at radius 1 is 1.89 bits per heavy atom. The zero-order valence-electron chi connectivity index (χ0n) is 4.47. The molecule has 9 heavy (non-hydrogen) atoms. The van der Waals surface area contributed by atoms with Gasteiger partial charge in [-0.1, -0.05) is 11.6 Å². The van der Waals surface area contributed by atoms with E-state index >= 15 is 0 Å². The Labute approximate surface area is 61.3 Å². The fourth-order valence-electron chi connectivity index (χ4n) is 0.437. The molecule has 0 aliphatic carbocycles. The molecule has 2 N–H and O–H groups in total. The maximum atomic E-state index is 8.20. The van der Waals surface area contributed by atoms with E-state index in [0.717, 1.165) is 5.01 Å². The van der Waals surface area contributed by atoms with Crippen LogP contribution in [0.25, 0.3) is 0 Å². The lowest BCUT2D eigenvalue weighted by molar-refractivity contribution is 0.161. The van der Waals surface area contributed by atoms with E-state index in [0.29, 0.717) is 10.9 Å². The van der Waals surface area contributed by atoms with Gasteiger partial charge in [0.1, 0.15) is 9.34 Å². The molecule has 0 saturated carbocycles. The Morgan fingerprint density at radius 3 is 3.11 bits per heavy atom. The third-order valence-electron chi connectivity index (χ3n) is 0.756. The van der Waals surface area contributed by atoms with E-state index < -0.39 is 0 Å². The summed E-state index contributed by atoms with van der Waals surface area (Å²) >= 11 is 6.89. The number of aromatic nitrogens is 1. The summed E-state index contributed by atoms with van der Waals surface area (Å²) in [5.41, 5.74) is 1.99. The van der Waals surface area contributed by atoms with Gasteiger partial charge in [0, 0.05) is 0 Å². The van der Waals surface area contributed by atoms with Crippen LogP contribution in [-0.2, 0) is 6.54 Å². The summed E-state index contributed by atoms with van der Waals surface area (Å²) < 4.78 is 0.639. The average molecular weight is 165 g/mol. The highest BCUT2D eigenvalue weighted by molar-refractivity contribution is 7.15. The highest BCUT2D eigenvalue weighted by Crippen LogP contribution is 2.17. The third-order valence-corrected chi connectivity index (χ3v) is 1.87. The average Bonchev–Trinajstić information content (AvgIpc) is 2.17. The van der Waals surface area contributed by atoms with Gasteiger partial charge in [-0.2, -0.15) is 5.48 Å². The second-order valence-electron chi connectivity index (χ2n) is 1.39. The van der Waals surface area contributed by atoms with Crippen LogP contribution in [0.5, 0.6) is 0 Å². The molecule has 0 radical (unpaired) electrons. The van der Waals surface area contributed by atoms with E-state index in [-0.39, 0.29) is 0 Å².